The van der Waals surface area contributed by atoms with Crippen LogP contribution < -0.4 is 0 Å². The van der Waals surface area contributed by atoms with E-state index in [1.807, 2.05) is 0 Å². The summed E-state index contributed by atoms with van der Waals surface area (Å²) >= 11 is 0. The molecule has 4 unspecified atom stereocenters. The van der Waals surface area contributed by atoms with Crippen LogP contribution >= 0.6 is 0 Å². The molecule has 0 spiro atoms. The number of fused-ring (bicyclic) bond motifs is 5. The highest BCUT2D eigenvalue weighted by molar-refractivity contribution is 5.83. The summed E-state index contributed by atoms with van der Waals surface area (Å²) in [5, 5.41) is 29.9. The Morgan fingerprint density at radius 1 is 1.00 bits per heavy atom. The van der Waals surface area contributed by atoms with Crippen molar-refractivity contribution in [2.75, 3.05) is 13.2 Å². The summed E-state index contributed by atoms with van der Waals surface area (Å²) in [6.07, 6.45) is 8.93. The molecule has 0 radical (unpaired) electrons. The van der Waals surface area contributed by atoms with Gasteiger partial charge in [0, 0.05) is 12.5 Å². The number of aliphatic hydroxyl groups excluding tert-OH is 3. The summed E-state index contributed by atoms with van der Waals surface area (Å²) < 4.78 is 0. The molecule has 0 aromatic rings. The maximum absolute atomic E-state index is 12.3. The fourth-order valence-corrected chi connectivity index (χ4v) is 7.98. The lowest BCUT2D eigenvalue weighted by atomic mass is 9.44. The van der Waals surface area contributed by atoms with Crippen LogP contribution in [0.4, 0.5) is 0 Å². The Hall–Kier alpha value is -0.450. The average Bonchev–Trinajstić information content (AvgIpc) is 2.98. The predicted octanol–water partition coefficient (Wildman–Crippen LogP) is 2.54. The van der Waals surface area contributed by atoms with Gasteiger partial charge in [-0.3, -0.25) is 4.79 Å². The van der Waals surface area contributed by atoms with Crippen molar-refractivity contribution in [1.29, 1.82) is 0 Å². The number of hydrogen-bond donors (Lipinski definition) is 3. The van der Waals surface area contributed by atoms with E-state index in [2.05, 4.69) is 6.92 Å². The van der Waals surface area contributed by atoms with Gasteiger partial charge in [-0.2, -0.15) is 0 Å². The molecule has 142 valence electrons. The second kappa shape index (κ2) is 6.31. The van der Waals surface area contributed by atoms with Crippen molar-refractivity contribution in [2.24, 2.45) is 40.4 Å². The van der Waals surface area contributed by atoms with E-state index in [1.54, 1.807) is 0 Å². The normalized spacial score (nSPS) is 52.2. The lowest BCUT2D eigenvalue weighted by molar-refractivity contribution is -0.157. The van der Waals surface area contributed by atoms with Gasteiger partial charge in [0.1, 0.15) is 6.61 Å². The van der Waals surface area contributed by atoms with Crippen molar-refractivity contribution in [3.63, 3.8) is 0 Å². The molecule has 4 aliphatic carbocycles. The molecule has 0 aromatic heterocycles. The Morgan fingerprint density at radius 3 is 2.52 bits per heavy atom. The first-order chi connectivity index (χ1) is 12.0. The first-order valence-corrected chi connectivity index (χ1v) is 10.4. The van der Waals surface area contributed by atoms with Gasteiger partial charge in [0.05, 0.1) is 6.10 Å². The molecule has 4 heteroatoms. The van der Waals surface area contributed by atoms with Crippen molar-refractivity contribution in [1.82, 2.24) is 0 Å². The SMILES string of the molecule is CC12CC[C@H]3C(CC[C@H]4C[C@H](O)CCC43CO)[C@@H]1CCC2C(=O)CO. The quantitative estimate of drug-likeness (QED) is 0.731. The number of Topliss-reactive ketones (excluding diaryl/α,β-unsaturated/α-hetero) is 1. The molecule has 0 saturated heterocycles. The highest BCUT2D eigenvalue weighted by Crippen LogP contribution is 2.67. The molecule has 0 aromatic carbocycles. The third-order valence-corrected chi connectivity index (χ3v) is 9.18. The first-order valence-electron chi connectivity index (χ1n) is 10.4. The summed E-state index contributed by atoms with van der Waals surface area (Å²) in [4.78, 5) is 12.3. The van der Waals surface area contributed by atoms with Crippen LogP contribution in [0.3, 0.4) is 0 Å². The number of carbonyl (C=O) groups is 1. The van der Waals surface area contributed by atoms with Gasteiger partial charge in [-0.25, -0.2) is 0 Å². The maximum Gasteiger partial charge on any atom is 0.161 e. The highest BCUT2D eigenvalue weighted by Gasteiger charge is 2.62. The summed E-state index contributed by atoms with van der Waals surface area (Å²) in [7, 11) is 0. The predicted molar refractivity (Wildman–Crippen MR) is 94.7 cm³/mol. The molecule has 0 aliphatic heterocycles. The van der Waals surface area contributed by atoms with E-state index < -0.39 is 0 Å². The molecule has 8 atom stereocenters. The minimum absolute atomic E-state index is 0.00253. The number of ketones is 1. The zero-order valence-corrected chi connectivity index (χ0v) is 15.5. The van der Waals surface area contributed by atoms with Crippen LogP contribution in [-0.4, -0.2) is 40.4 Å². The zero-order valence-electron chi connectivity index (χ0n) is 15.5. The molecule has 4 rings (SSSR count). The van der Waals surface area contributed by atoms with E-state index in [4.69, 9.17) is 0 Å². The highest BCUT2D eigenvalue weighted by atomic mass is 16.3. The molecular weight excluding hydrogens is 316 g/mol. The average molecular weight is 350 g/mol. The Kier molecular flexibility index (Phi) is 4.53. The molecule has 0 heterocycles. The second-order valence-corrected chi connectivity index (χ2v) is 9.77. The molecule has 4 aliphatic rings. The van der Waals surface area contributed by atoms with Gasteiger partial charge in [-0.1, -0.05) is 6.92 Å². The molecule has 3 N–H and O–H groups in total. The van der Waals surface area contributed by atoms with Crippen LogP contribution in [0.25, 0.3) is 0 Å². The van der Waals surface area contributed by atoms with Gasteiger partial charge in [0.15, 0.2) is 5.78 Å². The van der Waals surface area contributed by atoms with Crippen molar-refractivity contribution in [2.45, 2.75) is 70.8 Å². The van der Waals surface area contributed by atoms with Gasteiger partial charge in [0.2, 0.25) is 0 Å². The summed E-state index contributed by atoms with van der Waals surface area (Å²) in [6.45, 7) is 2.23. The van der Waals surface area contributed by atoms with Crippen LogP contribution in [-0.2, 0) is 4.79 Å². The number of hydrogen-bond acceptors (Lipinski definition) is 4. The zero-order chi connectivity index (χ0) is 17.8. The van der Waals surface area contributed by atoms with Gasteiger partial charge in [0.25, 0.3) is 0 Å². The smallest absolute Gasteiger partial charge is 0.161 e. The van der Waals surface area contributed by atoms with E-state index in [-0.39, 0.29) is 41.8 Å². The standard InChI is InChI=1S/C21H34O4/c1-20-8-7-17-15(16(20)4-5-18(20)19(25)11-22)3-2-13-10-14(24)6-9-21(13,17)12-23/h13-18,22-24H,2-12H2,1H3/t13-,14+,15?,16-,17-,18?,20?,21?/m0/s1. The Bertz CT molecular complexity index is 534. The lowest BCUT2D eigenvalue weighted by Crippen LogP contribution is -2.57. The Morgan fingerprint density at radius 2 is 1.80 bits per heavy atom. The molecule has 25 heavy (non-hydrogen) atoms. The van der Waals surface area contributed by atoms with Gasteiger partial charge in [-0.15, -0.1) is 0 Å². The van der Waals surface area contributed by atoms with Gasteiger partial charge < -0.3 is 15.3 Å². The van der Waals surface area contributed by atoms with Crippen LogP contribution in [0.5, 0.6) is 0 Å². The fraction of sp³-hybridized carbons (Fsp3) is 0.952. The minimum atomic E-state index is -0.318. The van der Waals surface area contributed by atoms with Crippen LogP contribution in [0.1, 0.15) is 64.7 Å². The summed E-state index contributed by atoms with van der Waals surface area (Å²) in [5.41, 5.74) is 0.0429. The monoisotopic (exact) mass is 350 g/mol. The number of carbonyl (C=O) groups excluding carboxylic acids is 1. The van der Waals surface area contributed by atoms with E-state index in [0.29, 0.717) is 23.7 Å². The lowest BCUT2D eigenvalue weighted by Gasteiger charge is -2.61. The first kappa shape index (κ1) is 17.9. The third kappa shape index (κ3) is 2.47. The van der Waals surface area contributed by atoms with E-state index in [1.165, 1.54) is 6.42 Å². The molecule has 4 nitrogen and oxygen atoms in total. The van der Waals surface area contributed by atoms with Crippen molar-refractivity contribution in [3.8, 4) is 0 Å². The van der Waals surface area contributed by atoms with E-state index in [0.717, 1.165) is 51.4 Å². The Balaban J connectivity index is 1.62. The molecule has 4 fully saturated rings. The molecule has 0 bridgehead atoms. The van der Waals surface area contributed by atoms with Crippen molar-refractivity contribution >= 4 is 5.78 Å². The minimum Gasteiger partial charge on any atom is -0.396 e. The van der Waals surface area contributed by atoms with Crippen LogP contribution in [0.15, 0.2) is 0 Å². The second-order valence-electron chi connectivity index (χ2n) is 9.77. The maximum atomic E-state index is 12.3. The molecule has 4 saturated carbocycles. The summed E-state index contributed by atoms with van der Waals surface area (Å²) in [6, 6.07) is 0. The Labute approximate surface area is 151 Å². The third-order valence-electron chi connectivity index (χ3n) is 9.18. The largest absolute Gasteiger partial charge is 0.396 e. The van der Waals surface area contributed by atoms with Crippen LogP contribution in [0.2, 0.25) is 0 Å². The van der Waals surface area contributed by atoms with Gasteiger partial charge >= 0.3 is 0 Å². The number of aliphatic hydroxyl groups is 3. The van der Waals surface area contributed by atoms with Crippen LogP contribution in [0, 0.1) is 40.4 Å². The summed E-state index contributed by atoms with van der Waals surface area (Å²) in [5.74, 6) is 2.24. The van der Waals surface area contributed by atoms with E-state index >= 15 is 0 Å². The van der Waals surface area contributed by atoms with E-state index in [9.17, 15) is 20.1 Å². The molecular formula is C21H34O4. The van der Waals surface area contributed by atoms with Gasteiger partial charge in [-0.05, 0) is 92.3 Å². The van der Waals surface area contributed by atoms with Crippen molar-refractivity contribution < 1.29 is 20.1 Å². The molecule has 0 amide bonds. The fourth-order valence-electron chi connectivity index (χ4n) is 7.98. The number of rotatable bonds is 3. The topological polar surface area (TPSA) is 77.8 Å². The van der Waals surface area contributed by atoms with Crippen molar-refractivity contribution in [3.05, 3.63) is 0 Å².